The van der Waals surface area contributed by atoms with Crippen LogP contribution in [0.5, 0.6) is 0 Å². The number of aliphatic hydroxyl groups is 1. The predicted octanol–water partition coefficient (Wildman–Crippen LogP) is 2.09. The molecule has 160 valence electrons. The molecule has 4 atom stereocenters. The SMILES string of the molecule is C=CCOC(=O)[C@@H]1C(=O)C[C@](C)(O)[C@H](C(=O)OCC=C)[C@@H]1c1ccc([N+](=O)[O-])cc1. The molecule has 1 aromatic rings. The van der Waals surface area contributed by atoms with E-state index in [4.69, 9.17) is 9.47 Å². The summed E-state index contributed by atoms with van der Waals surface area (Å²) in [6.45, 7) is 7.96. The number of nitro benzene ring substituents is 1. The molecule has 0 heterocycles. The van der Waals surface area contributed by atoms with Gasteiger partial charge in [0.05, 0.1) is 16.4 Å². The number of nitro groups is 1. The molecule has 0 radical (unpaired) electrons. The van der Waals surface area contributed by atoms with Gasteiger partial charge in [0.1, 0.15) is 19.1 Å². The van der Waals surface area contributed by atoms with Crippen LogP contribution in [0.4, 0.5) is 5.69 Å². The van der Waals surface area contributed by atoms with E-state index in [2.05, 4.69) is 13.2 Å². The average molecular weight is 417 g/mol. The summed E-state index contributed by atoms with van der Waals surface area (Å²) in [7, 11) is 0. The van der Waals surface area contributed by atoms with Crippen molar-refractivity contribution in [2.24, 2.45) is 11.8 Å². The lowest BCUT2D eigenvalue weighted by molar-refractivity contribution is -0.384. The van der Waals surface area contributed by atoms with Gasteiger partial charge in [-0.25, -0.2) is 0 Å². The number of non-ortho nitro benzene ring substituents is 1. The molecule has 1 fully saturated rings. The lowest BCUT2D eigenvalue weighted by atomic mass is 9.61. The molecule has 30 heavy (non-hydrogen) atoms. The zero-order valence-electron chi connectivity index (χ0n) is 16.5. The van der Waals surface area contributed by atoms with Crippen molar-refractivity contribution in [3.63, 3.8) is 0 Å². The highest BCUT2D eigenvalue weighted by molar-refractivity contribution is 6.02. The maximum Gasteiger partial charge on any atom is 0.317 e. The molecular formula is C21H23NO8. The van der Waals surface area contributed by atoms with Crippen molar-refractivity contribution in [1.82, 2.24) is 0 Å². The van der Waals surface area contributed by atoms with Crippen LogP contribution in [0.1, 0.15) is 24.8 Å². The highest BCUT2D eigenvalue weighted by Gasteiger charge is 2.57. The fourth-order valence-electron chi connectivity index (χ4n) is 3.70. The first kappa shape index (κ1) is 23.0. The van der Waals surface area contributed by atoms with E-state index in [9.17, 15) is 29.6 Å². The Labute approximate surface area is 173 Å². The van der Waals surface area contributed by atoms with Gasteiger partial charge in [0, 0.05) is 24.5 Å². The number of carbonyl (C=O) groups excluding carboxylic acids is 3. The van der Waals surface area contributed by atoms with Crippen molar-refractivity contribution in [3.05, 3.63) is 65.3 Å². The average Bonchev–Trinajstić information content (AvgIpc) is 2.69. The number of hydrogen-bond donors (Lipinski definition) is 1. The Bertz CT molecular complexity index is 858. The van der Waals surface area contributed by atoms with Crippen molar-refractivity contribution < 1.29 is 33.9 Å². The standard InChI is InChI=1S/C21H23NO8/c1-4-10-29-19(24)17-15(23)12-21(3,26)18(20(25)30-11-5-2)16(17)13-6-8-14(9-7-13)22(27)28/h4-9,16-18,26H,1-2,10-12H2,3H3/t16-,17-,18+,21+/m1/s1. The van der Waals surface area contributed by atoms with Gasteiger partial charge in [-0.3, -0.25) is 24.5 Å². The number of carbonyl (C=O) groups is 3. The lowest BCUT2D eigenvalue weighted by Gasteiger charge is -2.43. The van der Waals surface area contributed by atoms with Crippen LogP contribution in [0.2, 0.25) is 0 Å². The van der Waals surface area contributed by atoms with Gasteiger partial charge >= 0.3 is 11.9 Å². The number of ketones is 1. The second-order valence-corrected chi connectivity index (χ2v) is 7.17. The molecule has 1 N–H and O–H groups in total. The Morgan fingerprint density at radius 3 is 2.23 bits per heavy atom. The van der Waals surface area contributed by atoms with Gasteiger partial charge < -0.3 is 14.6 Å². The van der Waals surface area contributed by atoms with E-state index in [0.717, 1.165) is 0 Å². The number of Topliss-reactive ketones (excluding diaryl/α,β-unsaturated/α-hetero) is 1. The molecule has 1 saturated carbocycles. The summed E-state index contributed by atoms with van der Waals surface area (Å²) in [6, 6.07) is 5.08. The number of ether oxygens (including phenoxy) is 2. The van der Waals surface area contributed by atoms with Crippen molar-refractivity contribution >= 4 is 23.4 Å². The quantitative estimate of drug-likeness (QED) is 0.223. The van der Waals surface area contributed by atoms with Crippen LogP contribution < -0.4 is 0 Å². The zero-order valence-corrected chi connectivity index (χ0v) is 16.5. The van der Waals surface area contributed by atoms with Gasteiger partial charge in [0.2, 0.25) is 0 Å². The first-order valence-electron chi connectivity index (χ1n) is 9.18. The van der Waals surface area contributed by atoms with Crippen LogP contribution in [0.15, 0.2) is 49.6 Å². The van der Waals surface area contributed by atoms with Gasteiger partial charge in [0.15, 0.2) is 5.78 Å². The molecule has 0 aromatic heterocycles. The van der Waals surface area contributed by atoms with Crippen molar-refractivity contribution in [2.75, 3.05) is 13.2 Å². The zero-order chi connectivity index (χ0) is 22.5. The highest BCUT2D eigenvalue weighted by Crippen LogP contribution is 2.47. The molecule has 0 amide bonds. The maximum absolute atomic E-state index is 12.8. The van der Waals surface area contributed by atoms with E-state index in [1.807, 2.05) is 0 Å². The molecule has 0 spiro atoms. The molecule has 9 nitrogen and oxygen atoms in total. The number of esters is 2. The molecular weight excluding hydrogens is 394 g/mol. The van der Waals surface area contributed by atoms with E-state index in [0.29, 0.717) is 0 Å². The van der Waals surface area contributed by atoms with E-state index in [-0.39, 0.29) is 24.5 Å². The van der Waals surface area contributed by atoms with Crippen LogP contribution in [0.25, 0.3) is 0 Å². The summed E-state index contributed by atoms with van der Waals surface area (Å²) in [5, 5.41) is 21.9. The minimum absolute atomic E-state index is 0.127. The van der Waals surface area contributed by atoms with Gasteiger partial charge in [-0.15, -0.1) is 0 Å². The fraction of sp³-hybridized carbons (Fsp3) is 0.381. The Morgan fingerprint density at radius 1 is 1.20 bits per heavy atom. The second kappa shape index (κ2) is 9.45. The first-order chi connectivity index (χ1) is 14.1. The topological polar surface area (TPSA) is 133 Å². The Kier molecular flexibility index (Phi) is 7.23. The van der Waals surface area contributed by atoms with Crippen LogP contribution in [-0.4, -0.2) is 46.6 Å². The van der Waals surface area contributed by atoms with Crippen LogP contribution in [0.3, 0.4) is 0 Å². The highest BCUT2D eigenvalue weighted by atomic mass is 16.6. The minimum atomic E-state index is -1.81. The first-order valence-corrected chi connectivity index (χ1v) is 9.18. The van der Waals surface area contributed by atoms with E-state index in [1.165, 1.54) is 43.3 Å². The molecule has 2 rings (SSSR count). The lowest BCUT2D eigenvalue weighted by Crippen LogP contribution is -2.55. The number of hydrogen-bond acceptors (Lipinski definition) is 8. The van der Waals surface area contributed by atoms with E-state index < -0.39 is 52.4 Å². The second-order valence-electron chi connectivity index (χ2n) is 7.17. The van der Waals surface area contributed by atoms with Gasteiger partial charge in [-0.05, 0) is 12.5 Å². The van der Waals surface area contributed by atoms with Crippen molar-refractivity contribution in [2.45, 2.75) is 24.9 Å². The fourth-order valence-corrected chi connectivity index (χ4v) is 3.70. The van der Waals surface area contributed by atoms with Gasteiger partial charge in [0.25, 0.3) is 5.69 Å². The van der Waals surface area contributed by atoms with Crippen LogP contribution in [0, 0.1) is 22.0 Å². The molecule has 0 aliphatic heterocycles. The Morgan fingerprint density at radius 2 is 1.73 bits per heavy atom. The largest absolute Gasteiger partial charge is 0.461 e. The number of rotatable bonds is 8. The smallest absolute Gasteiger partial charge is 0.317 e. The summed E-state index contributed by atoms with van der Waals surface area (Å²) in [4.78, 5) is 48.6. The molecule has 1 aliphatic carbocycles. The monoisotopic (exact) mass is 417 g/mol. The normalized spacial score (nSPS) is 25.8. The Balaban J connectivity index is 2.59. The Hall–Kier alpha value is -3.33. The third kappa shape index (κ3) is 4.80. The summed E-state index contributed by atoms with van der Waals surface area (Å²) >= 11 is 0. The van der Waals surface area contributed by atoms with Gasteiger partial charge in [-0.2, -0.15) is 0 Å². The number of nitrogens with zero attached hydrogens (tertiary/aromatic N) is 1. The van der Waals surface area contributed by atoms with Crippen LogP contribution >= 0.6 is 0 Å². The summed E-state index contributed by atoms with van der Waals surface area (Å²) < 4.78 is 10.2. The molecule has 0 saturated heterocycles. The minimum Gasteiger partial charge on any atom is -0.461 e. The van der Waals surface area contributed by atoms with Crippen molar-refractivity contribution in [3.8, 4) is 0 Å². The maximum atomic E-state index is 12.8. The molecule has 9 heteroatoms. The summed E-state index contributed by atoms with van der Waals surface area (Å²) in [5.41, 5.74) is -1.73. The third-order valence-electron chi connectivity index (χ3n) is 4.95. The molecule has 0 bridgehead atoms. The van der Waals surface area contributed by atoms with Crippen LogP contribution in [-0.2, 0) is 23.9 Å². The molecule has 0 unspecified atom stereocenters. The van der Waals surface area contributed by atoms with E-state index in [1.54, 1.807) is 0 Å². The predicted molar refractivity (Wildman–Crippen MR) is 105 cm³/mol. The molecule has 1 aromatic carbocycles. The van der Waals surface area contributed by atoms with Gasteiger partial charge in [-0.1, -0.05) is 37.4 Å². The van der Waals surface area contributed by atoms with E-state index >= 15 is 0 Å². The molecule has 1 aliphatic rings. The van der Waals surface area contributed by atoms with Crippen molar-refractivity contribution in [1.29, 1.82) is 0 Å². The number of benzene rings is 1. The summed E-state index contributed by atoms with van der Waals surface area (Å²) in [6.07, 6.45) is 2.22. The third-order valence-corrected chi connectivity index (χ3v) is 4.95. The summed E-state index contributed by atoms with van der Waals surface area (Å²) in [5.74, 6) is -6.13.